The smallest absolute Gasteiger partial charge is 0.123 e. The van der Waals surface area contributed by atoms with Gasteiger partial charge in [-0.05, 0) is 84.2 Å². The van der Waals surface area contributed by atoms with Crippen LogP contribution >= 0.6 is 0 Å². The number of hydrogen-bond donors (Lipinski definition) is 1. The monoisotopic (exact) mass is 413 g/mol. The van der Waals surface area contributed by atoms with Crippen LogP contribution in [0.4, 0.5) is 4.39 Å². The van der Waals surface area contributed by atoms with Crippen molar-refractivity contribution in [1.82, 2.24) is 14.9 Å². The molecular formula is C27H28FN3. The Morgan fingerprint density at radius 1 is 1.00 bits per heavy atom. The Kier molecular flexibility index (Phi) is 4.57. The predicted molar refractivity (Wildman–Crippen MR) is 123 cm³/mol. The number of rotatable bonds is 3. The van der Waals surface area contributed by atoms with Crippen LogP contribution in [-0.4, -0.2) is 34.0 Å². The summed E-state index contributed by atoms with van der Waals surface area (Å²) in [4.78, 5) is 10.4. The summed E-state index contributed by atoms with van der Waals surface area (Å²) in [6.07, 6.45) is 16.4. The summed E-state index contributed by atoms with van der Waals surface area (Å²) in [6, 6.07) is 11.6. The van der Waals surface area contributed by atoms with Gasteiger partial charge < -0.3 is 4.98 Å². The Labute approximate surface area is 183 Å². The maximum atomic E-state index is 13.5. The molecule has 1 unspecified atom stereocenters. The highest BCUT2D eigenvalue weighted by atomic mass is 19.1. The molecule has 0 radical (unpaired) electrons. The second-order valence-electron chi connectivity index (χ2n) is 9.62. The third-order valence-corrected chi connectivity index (χ3v) is 7.74. The lowest BCUT2D eigenvalue weighted by Gasteiger charge is -2.29. The number of hydrogen-bond acceptors (Lipinski definition) is 2. The van der Waals surface area contributed by atoms with Crippen molar-refractivity contribution in [2.45, 2.75) is 44.6 Å². The highest BCUT2D eigenvalue weighted by Gasteiger charge is 2.46. The van der Waals surface area contributed by atoms with Crippen LogP contribution < -0.4 is 0 Å². The van der Waals surface area contributed by atoms with Crippen LogP contribution in [0.1, 0.15) is 44.1 Å². The van der Waals surface area contributed by atoms with Crippen LogP contribution in [0.25, 0.3) is 28.0 Å². The van der Waals surface area contributed by atoms with E-state index in [4.69, 9.17) is 0 Å². The van der Waals surface area contributed by atoms with Crippen LogP contribution in [0, 0.1) is 11.2 Å². The number of aromatic amines is 1. The molecular weight excluding hydrogens is 385 g/mol. The predicted octanol–water partition coefficient (Wildman–Crippen LogP) is 6.30. The van der Waals surface area contributed by atoms with Crippen molar-refractivity contribution in [3.8, 4) is 22.4 Å². The van der Waals surface area contributed by atoms with Gasteiger partial charge in [0, 0.05) is 48.8 Å². The standard InChI is InChI=1S/C27H28FN3/c28-22-5-3-20(4-6-22)26-25(19-7-12-29-13-8-19)24(17-30-26)21-9-14-31-18-27(10-1-2-11-27)16-23(31)15-21/h3-9,12-13,17,23,30H,1-2,10-11,14-16,18H2. The molecule has 158 valence electrons. The van der Waals surface area contributed by atoms with E-state index in [1.165, 1.54) is 67.5 Å². The van der Waals surface area contributed by atoms with E-state index < -0.39 is 0 Å². The summed E-state index contributed by atoms with van der Waals surface area (Å²) >= 11 is 0. The van der Waals surface area contributed by atoms with Gasteiger partial charge in [0.2, 0.25) is 0 Å². The molecule has 2 aromatic heterocycles. The zero-order valence-electron chi connectivity index (χ0n) is 17.8. The lowest BCUT2D eigenvalue weighted by molar-refractivity contribution is 0.250. The van der Waals surface area contributed by atoms with Gasteiger partial charge in [-0.25, -0.2) is 4.39 Å². The van der Waals surface area contributed by atoms with Crippen molar-refractivity contribution in [2.75, 3.05) is 13.1 Å². The van der Waals surface area contributed by atoms with Crippen molar-refractivity contribution >= 4 is 5.57 Å². The van der Waals surface area contributed by atoms with E-state index in [0.29, 0.717) is 11.5 Å². The first-order valence-corrected chi connectivity index (χ1v) is 11.5. The molecule has 4 heteroatoms. The molecule has 0 bridgehead atoms. The van der Waals surface area contributed by atoms with Crippen LogP contribution in [0.3, 0.4) is 0 Å². The minimum absolute atomic E-state index is 0.210. The van der Waals surface area contributed by atoms with E-state index in [-0.39, 0.29) is 5.82 Å². The van der Waals surface area contributed by atoms with Crippen molar-refractivity contribution in [3.63, 3.8) is 0 Å². The number of H-pyrrole nitrogens is 1. The molecule has 3 aliphatic rings. The highest BCUT2D eigenvalue weighted by Crippen LogP contribution is 2.51. The average molecular weight is 414 g/mol. The zero-order chi connectivity index (χ0) is 20.8. The first-order chi connectivity index (χ1) is 15.2. The Morgan fingerprint density at radius 2 is 1.77 bits per heavy atom. The van der Waals surface area contributed by atoms with Crippen molar-refractivity contribution < 1.29 is 4.39 Å². The van der Waals surface area contributed by atoms with Crippen LogP contribution in [-0.2, 0) is 0 Å². The van der Waals surface area contributed by atoms with Crippen LogP contribution in [0.2, 0.25) is 0 Å². The lowest BCUT2D eigenvalue weighted by atomic mass is 9.82. The quantitative estimate of drug-likeness (QED) is 0.546. The molecule has 2 aliphatic heterocycles. The Hall–Kier alpha value is -2.72. The molecule has 0 amide bonds. The maximum Gasteiger partial charge on any atom is 0.123 e. The lowest BCUT2D eigenvalue weighted by Crippen LogP contribution is -2.33. The van der Waals surface area contributed by atoms with Crippen LogP contribution in [0.5, 0.6) is 0 Å². The van der Waals surface area contributed by atoms with Gasteiger partial charge in [0.1, 0.15) is 5.82 Å². The number of nitrogens with zero attached hydrogens (tertiary/aromatic N) is 2. The molecule has 3 nitrogen and oxygen atoms in total. The first kappa shape index (κ1) is 19.0. The van der Waals surface area contributed by atoms with Gasteiger partial charge in [0.25, 0.3) is 0 Å². The van der Waals surface area contributed by atoms with Crippen molar-refractivity contribution in [3.05, 3.63) is 72.4 Å². The molecule has 1 saturated heterocycles. The van der Waals surface area contributed by atoms with E-state index >= 15 is 0 Å². The number of fused-ring (bicyclic) bond motifs is 1. The van der Waals surface area contributed by atoms with Crippen molar-refractivity contribution in [2.24, 2.45) is 5.41 Å². The summed E-state index contributed by atoms with van der Waals surface area (Å²) < 4.78 is 13.5. The summed E-state index contributed by atoms with van der Waals surface area (Å²) in [7, 11) is 0. The molecule has 1 saturated carbocycles. The molecule has 1 aliphatic carbocycles. The Balaban J connectivity index is 1.38. The molecule has 4 heterocycles. The van der Waals surface area contributed by atoms with Gasteiger partial charge in [-0.1, -0.05) is 18.9 Å². The van der Waals surface area contributed by atoms with E-state index in [1.54, 1.807) is 0 Å². The fourth-order valence-corrected chi connectivity index (χ4v) is 6.28. The largest absolute Gasteiger partial charge is 0.360 e. The number of aromatic nitrogens is 2. The van der Waals surface area contributed by atoms with E-state index in [9.17, 15) is 4.39 Å². The summed E-state index contributed by atoms with van der Waals surface area (Å²) in [5, 5.41) is 0. The summed E-state index contributed by atoms with van der Waals surface area (Å²) in [5.41, 5.74) is 7.69. The van der Waals surface area contributed by atoms with Gasteiger partial charge in [-0.3, -0.25) is 9.88 Å². The van der Waals surface area contributed by atoms with E-state index in [1.807, 2.05) is 24.5 Å². The summed E-state index contributed by atoms with van der Waals surface area (Å²) in [6.45, 7) is 2.33. The second kappa shape index (κ2) is 7.45. The fraction of sp³-hybridized carbons (Fsp3) is 0.370. The number of benzene rings is 1. The second-order valence-corrected chi connectivity index (χ2v) is 9.62. The molecule has 1 aromatic carbocycles. The minimum atomic E-state index is -0.210. The topological polar surface area (TPSA) is 31.9 Å². The van der Waals surface area contributed by atoms with Gasteiger partial charge in [0.15, 0.2) is 0 Å². The number of halogens is 1. The Bertz CT molecular complexity index is 1110. The molecule has 1 atom stereocenters. The molecule has 3 aromatic rings. The maximum absolute atomic E-state index is 13.5. The fourth-order valence-electron chi connectivity index (χ4n) is 6.28. The van der Waals surface area contributed by atoms with E-state index in [0.717, 1.165) is 29.8 Å². The summed E-state index contributed by atoms with van der Waals surface area (Å²) in [5.74, 6) is -0.210. The first-order valence-electron chi connectivity index (χ1n) is 11.5. The minimum Gasteiger partial charge on any atom is -0.360 e. The zero-order valence-corrected chi connectivity index (χ0v) is 17.8. The number of nitrogens with one attached hydrogen (secondary N) is 1. The van der Waals surface area contributed by atoms with Crippen molar-refractivity contribution in [1.29, 1.82) is 0 Å². The van der Waals surface area contributed by atoms with Gasteiger partial charge in [-0.15, -0.1) is 0 Å². The van der Waals surface area contributed by atoms with Crippen LogP contribution in [0.15, 0.2) is 61.1 Å². The van der Waals surface area contributed by atoms with Gasteiger partial charge >= 0.3 is 0 Å². The molecule has 6 rings (SSSR count). The van der Waals surface area contributed by atoms with E-state index in [2.05, 4.69) is 39.3 Å². The van der Waals surface area contributed by atoms with Gasteiger partial charge in [-0.2, -0.15) is 0 Å². The highest BCUT2D eigenvalue weighted by molar-refractivity contribution is 5.91. The molecule has 1 N–H and O–H groups in total. The van der Waals surface area contributed by atoms with Gasteiger partial charge in [0.05, 0.1) is 5.69 Å². The Morgan fingerprint density at radius 3 is 2.55 bits per heavy atom. The normalized spacial score (nSPS) is 22.6. The third-order valence-electron chi connectivity index (χ3n) is 7.74. The third kappa shape index (κ3) is 3.34. The molecule has 2 fully saturated rings. The SMILES string of the molecule is Fc1ccc(-c2[nH]cc(C3=CCN4CC5(CCCC5)CC4C3)c2-c2ccncc2)cc1. The average Bonchev–Trinajstić information content (AvgIpc) is 3.52. The molecule has 31 heavy (non-hydrogen) atoms. The number of pyridine rings is 1. The molecule has 1 spiro atoms.